The van der Waals surface area contributed by atoms with Crippen molar-refractivity contribution in [1.82, 2.24) is 4.98 Å². The molecule has 0 atom stereocenters. The molecule has 4 heteroatoms. The largest absolute Gasteiger partial charge is 0.332 e. The van der Waals surface area contributed by atoms with E-state index in [1.165, 1.54) is 21.2 Å². The second-order valence-electron chi connectivity index (χ2n) is 5.58. The van der Waals surface area contributed by atoms with Gasteiger partial charge in [0.15, 0.2) is 5.13 Å². The van der Waals surface area contributed by atoms with E-state index in [0.717, 1.165) is 21.7 Å². The zero-order valence-corrected chi connectivity index (χ0v) is 15.3. The predicted octanol–water partition coefficient (Wildman–Crippen LogP) is 6.39. The smallest absolute Gasteiger partial charge is 0.187 e. The fourth-order valence-corrected chi connectivity index (χ4v) is 3.86. The Kier molecular flexibility index (Phi) is 4.32. The van der Waals surface area contributed by atoms with Gasteiger partial charge in [-0.15, -0.1) is 11.3 Å². The van der Waals surface area contributed by atoms with Crippen LogP contribution in [0.25, 0.3) is 10.8 Å². The van der Waals surface area contributed by atoms with E-state index in [1.807, 2.05) is 30.5 Å². The second-order valence-corrected chi connectivity index (χ2v) is 7.61. The van der Waals surface area contributed by atoms with Crippen molar-refractivity contribution in [2.45, 2.75) is 6.42 Å². The molecular formula is C20H15BrN2S. The van der Waals surface area contributed by atoms with Crippen LogP contribution in [-0.4, -0.2) is 4.98 Å². The summed E-state index contributed by atoms with van der Waals surface area (Å²) < 4.78 is 1.07. The number of thiazole rings is 1. The van der Waals surface area contributed by atoms with E-state index in [-0.39, 0.29) is 0 Å². The molecule has 0 amide bonds. The molecule has 0 aliphatic rings. The van der Waals surface area contributed by atoms with Gasteiger partial charge >= 0.3 is 0 Å². The Bertz CT molecular complexity index is 971. The van der Waals surface area contributed by atoms with Crippen molar-refractivity contribution in [3.8, 4) is 0 Å². The monoisotopic (exact) mass is 394 g/mol. The van der Waals surface area contributed by atoms with Crippen molar-refractivity contribution in [3.05, 3.63) is 87.8 Å². The third-order valence-corrected chi connectivity index (χ3v) is 5.34. The summed E-state index contributed by atoms with van der Waals surface area (Å²) in [6, 6.07) is 23.1. The number of benzene rings is 3. The number of anilines is 2. The van der Waals surface area contributed by atoms with E-state index in [9.17, 15) is 0 Å². The van der Waals surface area contributed by atoms with Gasteiger partial charge in [-0.3, -0.25) is 0 Å². The Hall–Kier alpha value is -2.17. The Balaban J connectivity index is 1.55. The fraction of sp³-hybridized carbons (Fsp3) is 0.0500. The Morgan fingerprint density at radius 3 is 2.58 bits per heavy atom. The Morgan fingerprint density at radius 2 is 1.71 bits per heavy atom. The lowest BCUT2D eigenvalue weighted by molar-refractivity contribution is 1.24. The number of nitrogens with zero attached hydrogens (tertiary/aromatic N) is 1. The van der Waals surface area contributed by atoms with Crippen molar-refractivity contribution in [3.63, 3.8) is 0 Å². The van der Waals surface area contributed by atoms with Crippen LogP contribution in [-0.2, 0) is 6.42 Å². The molecule has 0 bridgehead atoms. The molecule has 4 aromatic rings. The van der Waals surface area contributed by atoms with Gasteiger partial charge in [0.05, 0.1) is 0 Å². The molecule has 1 N–H and O–H groups in total. The van der Waals surface area contributed by atoms with Crippen molar-refractivity contribution >= 4 is 48.9 Å². The minimum absolute atomic E-state index is 0.904. The number of aromatic nitrogens is 1. The predicted molar refractivity (Wildman–Crippen MR) is 106 cm³/mol. The van der Waals surface area contributed by atoms with E-state index in [4.69, 9.17) is 0 Å². The van der Waals surface area contributed by atoms with Gasteiger partial charge in [-0.2, -0.15) is 0 Å². The van der Waals surface area contributed by atoms with Crippen LogP contribution in [0.4, 0.5) is 10.8 Å². The van der Waals surface area contributed by atoms with Crippen molar-refractivity contribution in [2.75, 3.05) is 5.32 Å². The molecule has 2 nitrogen and oxygen atoms in total. The van der Waals surface area contributed by atoms with Crippen LogP contribution in [0.15, 0.2) is 77.4 Å². The first kappa shape index (κ1) is 15.4. The molecule has 0 saturated carbocycles. The lowest BCUT2D eigenvalue weighted by Gasteiger charge is -2.05. The molecule has 0 spiro atoms. The first-order valence-corrected chi connectivity index (χ1v) is 9.33. The summed E-state index contributed by atoms with van der Waals surface area (Å²) in [6.45, 7) is 0. The zero-order chi connectivity index (χ0) is 16.4. The summed E-state index contributed by atoms with van der Waals surface area (Å²) >= 11 is 5.15. The molecule has 1 aromatic heterocycles. The maximum absolute atomic E-state index is 4.51. The van der Waals surface area contributed by atoms with Crippen molar-refractivity contribution < 1.29 is 0 Å². The van der Waals surface area contributed by atoms with Crippen LogP contribution in [0.3, 0.4) is 0 Å². The van der Waals surface area contributed by atoms with E-state index >= 15 is 0 Å². The number of fused-ring (bicyclic) bond motifs is 1. The summed E-state index contributed by atoms with van der Waals surface area (Å²) in [5, 5.41) is 6.89. The van der Waals surface area contributed by atoms with E-state index in [0.29, 0.717) is 0 Å². The van der Waals surface area contributed by atoms with Gasteiger partial charge < -0.3 is 5.32 Å². The number of halogens is 1. The summed E-state index contributed by atoms with van der Waals surface area (Å²) in [4.78, 5) is 5.76. The third kappa shape index (κ3) is 3.35. The lowest BCUT2D eigenvalue weighted by atomic mass is 10.0. The zero-order valence-electron chi connectivity index (χ0n) is 12.9. The molecule has 0 aliphatic heterocycles. The molecule has 24 heavy (non-hydrogen) atoms. The van der Waals surface area contributed by atoms with Crippen LogP contribution in [0.2, 0.25) is 0 Å². The number of nitrogens with one attached hydrogen (secondary N) is 1. The molecule has 4 rings (SSSR count). The molecular weight excluding hydrogens is 380 g/mol. The molecule has 0 saturated heterocycles. The second kappa shape index (κ2) is 6.75. The quantitative estimate of drug-likeness (QED) is 0.433. The molecule has 3 aromatic carbocycles. The standard InChI is InChI=1S/C20H15BrN2S/c21-16-8-10-17(11-9-16)23-20-22-13-18(24-20)12-15-6-3-5-14-4-1-2-7-19(14)15/h1-11,13H,12H2,(H,22,23). The highest BCUT2D eigenvalue weighted by molar-refractivity contribution is 9.10. The maximum Gasteiger partial charge on any atom is 0.187 e. The molecule has 0 aliphatic carbocycles. The van der Waals surface area contributed by atoms with E-state index in [1.54, 1.807) is 11.3 Å². The normalized spacial score (nSPS) is 10.9. The molecule has 0 unspecified atom stereocenters. The molecule has 0 fully saturated rings. The van der Waals surface area contributed by atoms with Gasteiger partial charge in [-0.1, -0.05) is 58.4 Å². The van der Waals surface area contributed by atoms with E-state index < -0.39 is 0 Å². The van der Waals surface area contributed by atoms with Gasteiger partial charge in [0.1, 0.15) is 0 Å². The Labute approximate surface area is 153 Å². The first-order valence-electron chi connectivity index (χ1n) is 7.72. The summed E-state index contributed by atoms with van der Waals surface area (Å²) in [6.07, 6.45) is 2.87. The average molecular weight is 395 g/mol. The minimum atomic E-state index is 0.904. The molecule has 1 heterocycles. The van der Waals surface area contributed by atoms with Gasteiger partial charge in [0.25, 0.3) is 0 Å². The lowest BCUT2D eigenvalue weighted by Crippen LogP contribution is -1.87. The van der Waals surface area contributed by atoms with Crippen LogP contribution < -0.4 is 5.32 Å². The number of hydrogen-bond acceptors (Lipinski definition) is 3. The highest BCUT2D eigenvalue weighted by Crippen LogP contribution is 2.27. The van der Waals surface area contributed by atoms with Gasteiger partial charge in [0, 0.05) is 27.7 Å². The molecule has 118 valence electrons. The molecule has 0 radical (unpaired) electrons. The van der Waals surface area contributed by atoms with Gasteiger partial charge in [0.2, 0.25) is 0 Å². The van der Waals surface area contributed by atoms with Crippen LogP contribution in [0, 0.1) is 0 Å². The number of hydrogen-bond donors (Lipinski definition) is 1. The van der Waals surface area contributed by atoms with Crippen molar-refractivity contribution in [2.24, 2.45) is 0 Å². The first-order chi connectivity index (χ1) is 11.8. The average Bonchev–Trinajstić information content (AvgIpc) is 3.04. The highest BCUT2D eigenvalue weighted by atomic mass is 79.9. The van der Waals surface area contributed by atoms with Gasteiger partial charge in [-0.25, -0.2) is 4.98 Å². The maximum atomic E-state index is 4.51. The Morgan fingerprint density at radius 1 is 0.917 bits per heavy atom. The summed E-state index contributed by atoms with van der Waals surface area (Å²) in [7, 11) is 0. The fourth-order valence-electron chi connectivity index (χ4n) is 2.74. The van der Waals surface area contributed by atoms with E-state index in [2.05, 4.69) is 68.7 Å². The third-order valence-electron chi connectivity index (χ3n) is 3.89. The van der Waals surface area contributed by atoms with Crippen LogP contribution >= 0.6 is 27.3 Å². The van der Waals surface area contributed by atoms with Crippen molar-refractivity contribution in [1.29, 1.82) is 0 Å². The topological polar surface area (TPSA) is 24.9 Å². The van der Waals surface area contributed by atoms with Crippen LogP contribution in [0.1, 0.15) is 10.4 Å². The summed E-state index contributed by atoms with van der Waals surface area (Å²) in [5.74, 6) is 0. The van der Waals surface area contributed by atoms with Gasteiger partial charge in [-0.05, 0) is 40.6 Å². The minimum Gasteiger partial charge on any atom is -0.332 e. The van der Waals surface area contributed by atoms with Crippen LogP contribution in [0.5, 0.6) is 0 Å². The highest BCUT2D eigenvalue weighted by Gasteiger charge is 2.06. The summed E-state index contributed by atoms with van der Waals surface area (Å²) in [5.41, 5.74) is 2.39. The number of rotatable bonds is 4. The SMILES string of the molecule is Brc1ccc(Nc2ncc(Cc3cccc4ccccc34)s2)cc1.